The first-order chi connectivity index (χ1) is 7.90. The average molecular weight is 224 g/mol. The molecule has 2 aliphatic rings. The van der Waals surface area contributed by atoms with E-state index in [0.29, 0.717) is 0 Å². The van der Waals surface area contributed by atoms with Crippen LogP contribution < -0.4 is 5.32 Å². The zero-order valence-corrected chi connectivity index (χ0v) is 10.9. The lowest BCUT2D eigenvalue weighted by molar-refractivity contribution is 0.131. The van der Waals surface area contributed by atoms with Gasteiger partial charge >= 0.3 is 0 Å². The number of hydrogen-bond donors (Lipinski definition) is 1. The van der Waals surface area contributed by atoms with Crippen LogP contribution in [0.5, 0.6) is 0 Å². The van der Waals surface area contributed by atoms with Crippen molar-refractivity contribution in [3.8, 4) is 0 Å². The zero-order chi connectivity index (χ0) is 11.2. The molecule has 0 amide bonds. The van der Waals surface area contributed by atoms with Gasteiger partial charge in [-0.1, -0.05) is 13.3 Å². The van der Waals surface area contributed by atoms with Crippen molar-refractivity contribution >= 4 is 0 Å². The first kappa shape index (κ1) is 12.4. The van der Waals surface area contributed by atoms with Crippen LogP contribution in [0.2, 0.25) is 0 Å². The second-order valence-electron chi connectivity index (χ2n) is 5.59. The summed E-state index contributed by atoms with van der Waals surface area (Å²) in [6.07, 6.45) is 9.95. The van der Waals surface area contributed by atoms with Gasteiger partial charge in [-0.2, -0.15) is 0 Å². The van der Waals surface area contributed by atoms with E-state index >= 15 is 0 Å². The first-order valence-corrected chi connectivity index (χ1v) is 7.35. The summed E-state index contributed by atoms with van der Waals surface area (Å²) in [5.74, 6) is 0.952. The smallest absolute Gasteiger partial charge is 0.00926 e. The minimum Gasteiger partial charge on any atom is -0.316 e. The highest BCUT2D eigenvalue weighted by molar-refractivity contribution is 4.77. The molecule has 2 unspecified atom stereocenters. The Morgan fingerprint density at radius 3 is 2.88 bits per heavy atom. The summed E-state index contributed by atoms with van der Waals surface area (Å²) in [4.78, 5) is 2.76. The van der Waals surface area contributed by atoms with Gasteiger partial charge in [0, 0.05) is 6.04 Å². The minimum atomic E-state index is 0.894. The number of piperidine rings is 2. The van der Waals surface area contributed by atoms with Crippen molar-refractivity contribution < 1.29 is 0 Å². The van der Waals surface area contributed by atoms with Crippen molar-refractivity contribution in [3.63, 3.8) is 0 Å². The standard InChI is InChI=1S/C14H28N2/c1-2-14-7-3-4-10-16(14)11-8-13-6-5-9-15-12-13/h13-15H,2-12H2,1H3. The lowest BCUT2D eigenvalue weighted by Gasteiger charge is -2.36. The molecule has 2 heteroatoms. The second-order valence-corrected chi connectivity index (χ2v) is 5.59. The van der Waals surface area contributed by atoms with Crippen LogP contribution in [0, 0.1) is 5.92 Å². The summed E-state index contributed by atoms with van der Waals surface area (Å²) in [5, 5.41) is 3.53. The molecule has 2 aliphatic heterocycles. The molecule has 1 N–H and O–H groups in total. The fourth-order valence-corrected chi connectivity index (χ4v) is 3.34. The molecule has 16 heavy (non-hydrogen) atoms. The molecule has 2 atom stereocenters. The van der Waals surface area contributed by atoms with E-state index in [2.05, 4.69) is 17.1 Å². The van der Waals surface area contributed by atoms with Crippen LogP contribution in [-0.2, 0) is 0 Å². The van der Waals surface area contributed by atoms with Crippen LogP contribution in [0.1, 0.15) is 51.9 Å². The van der Waals surface area contributed by atoms with Crippen LogP contribution >= 0.6 is 0 Å². The van der Waals surface area contributed by atoms with Crippen molar-refractivity contribution in [2.24, 2.45) is 5.92 Å². The van der Waals surface area contributed by atoms with Gasteiger partial charge in [-0.3, -0.25) is 0 Å². The van der Waals surface area contributed by atoms with E-state index in [1.54, 1.807) is 0 Å². The molecular weight excluding hydrogens is 196 g/mol. The van der Waals surface area contributed by atoms with Gasteiger partial charge < -0.3 is 10.2 Å². The van der Waals surface area contributed by atoms with E-state index in [4.69, 9.17) is 0 Å². The van der Waals surface area contributed by atoms with Crippen LogP contribution in [0.25, 0.3) is 0 Å². The van der Waals surface area contributed by atoms with Crippen molar-refractivity contribution in [1.82, 2.24) is 10.2 Å². The molecule has 0 aromatic carbocycles. The molecule has 0 aromatic rings. The quantitative estimate of drug-likeness (QED) is 0.790. The maximum atomic E-state index is 3.53. The van der Waals surface area contributed by atoms with Gasteiger partial charge in [-0.15, -0.1) is 0 Å². The highest BCUT2D eigenvalue weighted by atomic mass is 15.2. The molecule has 2 rings (SSSR count). The van der Waals surface area contributed by atoms with Gasteiger partial charge in [0.15, 0.2) is 0 Å². The SMILES string of the molecule is CCC1CCCCN1CCC1CCCNC1. The molecular formula is C14H28N2. The van der Waals surface area contributed by atoms with Gasteiger partial charge in [0.25, 0.3) is 0 Å². The van der Waals surface area contributed by atoms with Crippen LogP contribution in [0.3, 0.4) is 0 Å². The van der Waals surface area contributed by atoms with E-state index in [-0.39, 0.29) is 0 Å². The first-order valence-electron chi connectivity index (χ1n) is 7.35. The Hall–Kier alpha value is -0.0800. The molecule has 0 radical (unpaired) electrons. The minimum absolute atomic E-state index is 0.894. The number of likely N-dealkylation sites (tertiary alicyclic amines) is 1. The van der Waals surface area contributed by atoms with E-state index < -0.39 is 0 Å². The number of nitrogens with zero attached hydrogens (tertiary/aromatic N) is 1. The van der Waals surface area contributed by atoms with Crippen molar-refractivity contribution in [1.29, 1.82) is 0 Å². The molecule has 94 valence electrons. The molecule has 0 bridgehead atoms. The van der Waals surface area contributed by atoms with Gasteiger partial charge in [-0.05, 0) is 70.6 Å². The summed E-state index contributed by atoms with van der Waals surface area (Å²) in [6, 6.07) is 0.894. The fourth-order valence-electron chi connectivity index (χ4n) is 3.34. The molecule has 0 saturated carbocycles. The molecule has 0 aliphatic carbocycles. The maximum absolute atomic E-state index is 3.53. The fraction of sp³-hybridized carbons (Fsp3) is 1.00. The Balaban J connectivity index is 1.70. The number of hydrogen-bond acceptors (Lipinski definition) is 2. The monoisotopic (exact) mass is 224 g/mol. The molecule has 0 spiro atoms. The Morgan fingerprint density at radius 1 is 1.19 bits per heavy atom. The topological polar surface area (TPSA) is 15.3 Å². The summed E-state index contributed by atoms with van der Waals surface area (Å²) in [5.41, 5.74) is 0. The second kappa shape index (κ2) is 6.61. The van der Waals surface area contributed by atoms with Crippen molar-refractivity contribution in [2.75, 3.05) is 26.2 Å². The molecule has 2 fully saturated rings. The van der Waals surface area contributed by atoms with Gasteiger partial charge in [-0.25, -0.2) is 0 Å². The Bertz CT molecular complexity index is 187. The average Bonchev–Trinajstić information content (AvgIpc) is 2.38. The summed E-state index contributed by atoms with van der Waals surface area (Å²) >= 11 is 0. The van der Waals surface area contributed by atoms with Crippen LogP contribution in [-0.4, -0.2) is 37.1 Å². The summed E-state index contributed by atoms with van der Waals surface area (Å²) < 4.78 is 0. The largest absolute Gasteiger partial charge is 0.316 e. The lowest BCUT2D eigenvalue weighted by atomic mass is 9.94. The lowest BCUT2D eigenvalue weighted by Crippen LogP contribution is -2.41. The summed E-state index contributed by atoms with van der Waals surface area (Å²) in [7, 11) is 0. The molecule has 2 nitrogen and oxygen atoms in total. The molecule has 2 heterocycles. The summed E-state index contributed by atoms with van der Waals surface area (Å²) in [6.45, 7) is 7.58. The predicted molar refractivity (Wildman–Crippen MR) is 69.7 cm³/mol. The third kappa shape index (κ3) is 3.46. The van der Waals surface area contributed by atoms with E-state index in [9.17, 15) is 0 Å². The molecule has 0 aromatic heterocycles. The third-order valence-corrected chi connectivity index (χ3v) is 4.44. The predicted octanol–water partition coefficient (Wildman–Crippen LogP) is 2.64. The normalized spacial score (nSPS) is 32.8. The molecule has 2 saturated heterocycles. The number of nitrogens with one attached hydrogen (secondary N) is 1. The van der Waals surface area contributed by atoms with Crippen molar-refractivity contribution in [3.05, 3.63) is 0 Å². The van der Waals surface area contributed by atoms with Gasteiger partial charge in [0.05, 0.1) is 0 Å². The Kier molecular flexibility index (Phi) is 5.11. The van der Waals surface area contributed by atoms with E-state index in [0.717, 1.165) is 12.0 Å². The maximum Gasteiger partial charge on any atom is 0.00926 e. The highest BCUT2D eigenvalue weighted by Gasteiger charge is 2.21. The van der Waals surface area contributed by atoms with Crippen LogP contribution in [0.4, 0.5) is 0 Å². The highest BCUT2D eigenvalue weighted by Crippen LogP contribution is 2.22. The third-order valence-electron chi connectivity index (χ3n) is 4.44. The Morgan fingerprint density at radius 2 is 2.12 bits per heavy atom. The van der Waals surface area contributed by atoms with E-state index in [1.165, 1.54) is 71.1 Å². The van der Waals surface area contributed by atoms with E-state index in [1.807, 2.05) is 0 Å². The zero-order valence-electron chi connectivity index (χ0n) is 10.9. The van der Waals surface area contributed by atoms with Gasteiger partial charge in [0.1, 0.15) is 0 Å². The van der Waals surface area contributed by atoms with Gasteiger partial charge in [0.2, 0.25) is 0 Å². The van der Waals surface area contributed by atoms with Crippen molar-refractivity contribution in [2.45, 2.75) is 57.9 Å². The Labute approximate surface area is 101 Å². The van der Waals surface area contributed by atoms with Crippen LogP contribution in [0.15, 0.2) is 0 Å². The number of rotatable bonds is 4.